The summed E-state index contributed by atoms with van der Waals surface area (Å²) in [6.45, 7) is -0.0111. The van der Waals surface area contributed by atoms with Crippen molar-refractivity contribution in [2.45, 2.75) is 25.1 Å². The molecule has 1 aromatic carbocycles. The highest BCUT2D eigenvalue weighted by Crippen LogP contribution is 2.20. The lowest BCUT2D eigenvalue weighted by atomic mass is 10.1. The Kier molecular flexibility index (Phi) is 6.60. The molecule has 9 nitrogen and oxygen atoms in total. The first kappa shape index (κ1) is 21.7. The summed E-state index contributed by atoms with van der Waals surface area (Å²) in [5.74, 6) is 0.795. The number of fused-ring (bicyclic) bond motifs is 1. The van der Waals surface area contributed by atoms with Crippen molar-refractivity contribution in [2.24, 2.45) is 0 Å². The zero-order valence-electron chi connectivity index (χ0n) is 17.2. The summed E-state index contributed by atoms with van der Waals surface area (Å²) in [6.07, 6.45) is 5.40. The van der Waals surface area contributed by atoms with E-state index in [1.807, 2.05) is 6.07 Å². The van der Waals surface area contributed by atoms with Crippen molar-refractivity contribution in [1.82, 2.24) is 24.8 Å². The van der Waals surface area contributed by atoms with Gasteiger partial charge in [0.1, 0.15) is 0 Å². The molecule has 0 saturated carbocycles. The van der Waals surface area contributed by atoms with Crippen LogP contribution in [0.25, 0.3) is 11.3 Å². The van der Waals surface area contributed by atoms with Gasteiger partial charge in [0.15, 0.2) is 5.78 Å². The summed E-state index contributed by atoms with van der Waals surface area (Å²) >= 11 is 1.64. The number of nitrogens with zero attached hydrogens (tertiary/aromatic N) is 3. The van der Waals surface area contributed by atoms with E-state index in [1.54, 1.807) is 48.6 Å². The molecule has 0 spiro atoms. The summed E-state index contributed by atoms with van der Waals surface area (Å²) in [5.41, 5.74) is 2.30. The van der Waals surface area contributed by atoms with E-state index in [4.69, 9.17) is 0 Å². The summed E-state index contributed by atoms with van der Waals surface area (Å²) in [7, 11) is 0. The van der Waals surface area contributed by atoms with E-state index >= 15 is 0 Å². The van der Waals surface area contributed by atoms with Gasteiger partial charge in [-0.15, -0.1) is 0 Å². The van der Waals surface area contributed by atoms with Crippen molar-refractivity contribution in [3.8, 4) is 11.3 Å². The predicted octanol–water partition coefficient (Wildman–Crippen LogP) is 1.17. The molecule has 1 aliphatic rings. The van der Waals surface area contributed by atoms with Crippen LogP contribution in [-0.4, -0.2) is 43.5 Å². The van der Waals surface area contributed by atoms with Gasteiger partial charge in [0.05, 0.1) is 18.4 Å². The molecule has 0 fully saturated rings. The Hall–Kier alpha value is -3.53. The van der Waals surface area contributed by atoms with Gasteiger partial charge in [0, 0.05) is 53.5 Å². The van der Waals surface area contributed by atoms with Gasteiger partial charge in [-0.1, -0.05) is 18.2 Å². The number of carbonyl (C=O) groups excluding carboxylic acids is 2. The zero-order valence-corrected chi connectivity index (χ0v) is 18.0. The molecule has 1 aliphatic heterocycles. The average Bonchev–Trinajstić information content (AvgIpc) is 2.83. The van der Waals surface area contributed by atoms with Gasteiger partial charge in [-0.2, -0.15) is 11.8 Å². The molecule has 1 amide bonds. The fourth-order valence-corrected chi connectivity index (χ4v) is 4.54. The zero-order chi connectivity index (χ0) is 22.5. The third-order valence-corrected chi connectivity index (χ3v) is 6.18. The van der Waals surface area contributed by atoms with Crippen LogP contribution in [0.3, 0.4) is 0 Å². The van der Waals surface area contributed by atoms with Crippen LogP contribution in [0.1, 0.15) is 28.0 Å². The van der Waals surface area contributed by atoms with E-state index in [9.17, 15) is 19.2 Å². The number of aromatic amines is 1. The number of H-pyrrole nitrogens is 1. The smallest absolute Gasteiger partial charge is 0.328 e. The van der Waals surface area contributed by atoms with Gasteiger partial charge in [-0.3, -0.25) is 33.9 Å². The molecule has 3 aromatic rings. The Morgan fingerprint density at radius 3 is 2.91 bits per heavy atom. The SMILES string of the molecule is O=C(CCn1c2c(c(=O)[nH]c1=O)CSCC2)NCC(=O)c1cccc(-c2cnccn2)c1. The molecular weight excluding hydrogens is 430 g/mol. The Bertz CT molecular complexity index is 1270. The van der Waals surface area contributed by atoms with Crippen molar-refractivity contribution < 1.29 is 9.59 Å². The normalized spacial score (nSPS) is 12.8. The van der Waals surface area contributed by atoms with Gasteiger partial charge >= 0.3 is 5.69 Å². The topological polar surface area (TPSA) is 127 Å². The number of ketones is 1. The molecule has 0 bridgehead atoms. The number of thioether (sulfide) groups is 1. The Morgan fingerprint density at radius 2 is 2.09 bits per heavy atom. The highest BCUT2D eigenvalue weighted by atomic mass is 32.2. The second kappa shape index (κ2) is 9.73. The molecule has 0 atom stereocenters. The summed E-state index contributed by atoms with van der Waals surface area (Å²) in [5, 5.41) is 2.61. The van der Waals surface area contributed by atoms with E-state index in [0.29, 0.717) is 34.7 Å². The van der Waals surface area contributed by atoms with Crippen LogP contribution in [0.15, 0.2) is 52.4 Å². The van der Waals surface area contributed by atoms with E-state index in [1.165, 1.54) is 4.57 Å². The van der Waals surface area contributed by atoms with Gasteiger partial charge in [0.25, 0.3) is 5.56 Å². The van der Waals surface area contributed by atoms with Crippen LogP contribution in [0.2, 0.25) is 0 Å². The summed E-state index contributed by atoms with van der Waals surface area (Å²) in [6, 6.07) is 6.98. The molecule has 2 aromatic heterocycles. The first-order chi connectivity index (χ1) is 15.5. The monoisotopic (exact) mass is 451 g/mol. The lowest BCUT2D eigenvalue weighted by Gasteiger charge is -2.19. The predicted molar refractivity (Wildman–Crippen MR) is 121 cm³/mol. The molecule has 0 saturated heterocycles. The van der Waals surface area contributed by atoms with Gasteiger partial charge in [-0.25, -0.2) is 4.79 Å². The number of hydrogen-bond acceptors (Lipinski definition) is 7. The van der Waals surface area contributed by atoms with Crippen molar-refractivity contribution >= 4 is 23.5 Å². The molecule has 164 valence electrons. The van der Waals surface area contributed by atoms with Crippen LogP contribution in [0.5, 0.6) is 0 Å². The first-order valence-electron chi connectivity index (χ1n) is 10.1. The van der Waals surface area contributed by atoms with Crippen LogP contribution < -0.4 is 16.6 Å². The molecule has 4 rings (SSSR count). The van der Waals surface area contributed by atoms with Gasteiger partial charge in [-0.05, 0) is 18.2 Å². The van der Waals surface area contributed by atoms with Gasteiger partial charge in [0.2, 0.25) is 5.91 Å². The second-order valence-electron chi connectivity index (χ2n) is 7.26. The van der Waals surface area contributed by atoms with Crippen LogP contribution in [-0.2, 0) is 23.5 Å². The van der Waals surface area contributed by atoms with Crippen molar-refractivity contribution in [3.05, 3.63) is 80.5 Å². The average molecular weight is 452 g/mol. The molecule has 0 unspecified atom stereocenters. The maximum atomic E-state index is 12.5. The number of Topliss-reactive ketones (excluding diaryl/α,β-unsaturated/α-hetero) is 1. The number of rotatable bonds is 7. The highest BCUT2D eigenvalue weighted by Gasteiger charge is 2.19. The van der Waals surface area contributed by atoms with Crippen molar-refractivity contribution in [1.29, 1.82) is 0 Å². The molecule has 3 heterocycles. The van der Waals surface area contributed by atoms with E-state index in [0.717, 1.165) is 11.3 Å². The standard InChI is InChI=1S/C22H21N5O4S/c28-19(15-3-1-2-14(10-15)17-11-23-6-7-24-17)12-25-20(29)4-8-27-18-5-9-32-13-16(18)21(30)26-22(27)31/h1-3,6-7,10-11H,4-5,8-9,12-13H2,(H,25,29)(H,26,30,31). The Labute approximate surface area is 187 Å². The summed E-state index contributed by atoms with van der Waals surface area (Å²) in [4.78, 5) is 59.7. The fourth-order valence-electron chi connectivity index (χ4n) is 3.55. The lowest BCUT2D eigenvalue weighted by molar-refractivity contribution is -0.121. The lowest BCUT2D eigenvalue weighted by Crippen LogP contribution is -2.38. The number of benzene rings is 1. The minimum Gasteiger partial charge on any atom is -0.349 e. The van der Waals surface area contributed by atoms with E-state index in [2.05, 4.69) is 20.3 Å². The quantitative estimate of drug-likeness (QED) is 0.516. The third kappa shape index (κ3) is 4.86. The Morgan fingerprint density at radius 1 is 1.22 bits per heavy atom. The summed E-state index contributed by atoms with van der Waals surface area (Å²) < 4.78 is 1.46. The molecule has 2 N–H and O–H groups in total. The maximum absolute atomic E-state index is 12.5. The Balaban J connectivity index is 1.37. The number of aromatic nitrogens is 4. The first-order valence-corrected chi connectivity index (χ1v) is 11.3. The van der Waals surface area contributed by atoms with Crippen molar-refractivity contribution in [2.75, 3.05) is 12.3 Å². The number of carbonyl (C=O) groups is 2. The largest absolute Gasteiger partial charge is 0.349 e. The van der Waals surface area contributed by atoms with Gasteiger partial charge < -0.3 is 5.32 Å². The second-order valence-corrected chi connectivity index (χ2v) is 8.37. The third-order valence-electron chi connectivity index (χ3n) is 5.20. The van der Waals surface area contributed by atoms with Crippen molar-refractivity contribution in [3.63, 3.8) is 0 Å². The minimum atomic E-state index is -0.509. The molecule has 0 aliphatic carbocycles. The number of amides is 1. The number of hydrogen-bond donors (Lipinski definition) is 2. The fraction of sp³-hybridized carbons (Fsp3) is 0.273. The van der Waals surface area contributed by atoms with Crippen LogP contribution >= 0.6 is 11.8 Å². The van der Waals surface area contributed by atoms with Crippen LogP contribution in [0, 0.1) is 0 Å². The van der Waals surface area contributed by atoms with E-state index < -0.39 is 5.69 Å². The minimum absolute atomic E-state index is 0.0262. The highest BCUT2D eigenvalue weighted by molar-refractivity contribution is 7.98. The van der Waals surface area contributed by atoms with Crippen LogP contribution in [0.4, 0.5) is 0 Å². The number of nitrogens with one attached hydrogen (secondary N) is 2. The molecule has 10 heteroatoms. The van der Waals surface area contributed by atoms with E-state index in [-0.39, 0.29) is 36.8 Å². The molecule has 0 radical (unpaired) electrons. The maximum Gasteiger partial charge on any atom is 0.328 e. The molecule has 32 heavy (non-hydrogen) atoms. The molecular formula is C22H21N5O4S.